The second kappa shape index (κ2) is 10.7. The first kappa shape index (κ1) is 24.3. The van der Waals surface area contributed by atoms with E-state index in [1.807, 2.05) is 31.2 Å². The lowest BCUT2D eigenvalue weighted by molar-refractivity contribution is 0.0372. The molecule has 2 aliphatic rings. The Morgan fingerprint density at radius 2 is 1.91 bits per heavy atom. The molecule has 0 bridgehead atoms. The fourth-order valence-electron chi connectivity index (χ4n) is 6.38. The molecule has 0 aliphatic carbocycles. The molecule has 2 atom stereocenters. The summed E-state index contributed by atoms with van der Waals surface area (Å²) in [5.74, 6) is 0.893. The van der Waals surface area contributed by atoms with Crippen LogP contribution in [-0.2, 0) is 11.3 Å². The molecule has 2 aliphatic heterocycles. The van der Waals surface area contributed by atoms with E-state index in [0.29, 0.717) is 35.0 Å². The first-order valence-corrected chi connectivity index (χ1v) is 13.2. The van der Waals surface area contributed by atoms with Gasteiger partial charge in [-0.2, -0.15) is 0 Å². The number of aromatic hydroxyl groups is 1. The summed E-state index contributed by atoms with van der Waals surface area (Å²) in [6.07, 6.45) is 7.49. The van der Waals surface area contributed by atoms with E-state index in [9.17, 15) is 9.90 Å². The van der Waals surface area contributed by atoms with Gasteiger partial charge < -0.3 is 19.2 Å². The molecule has 3 aromatic rings. The molecule has 2 saturated heterocycles. The van der Waals surface area contributed by atoms with Crippen LogP contribution in [0, 0.1) is 12.8 Å². The van der Waals surface area contributed by atoms with Crippen molar-refractivity contribution in [3.63, 3.8) is 0 Å². The summed E-state index contributed by atoms with van der Waals surface area (Å²) >= 11 is 0. The lowest BCUT2D eigenvalue weighted by atomic mass is 9.83. The lowest BCUT2D eigenvalue weighted by Gasteiger charge is -2.45. The van der Waals surface area contributed by atoms with E-state index in [2.05, 4.69) is 9.80 Å². The largest absolute Gasteiger partial charge is 0.507 e. The van der Waals surface area contributed by atoms with Gasteiger partial charge in [0, 0.05) is 55.9 Å². The van der Waals surface area contributed by atoms with Crippen molar-refractivity contribution >= 4 is 21.7 Å². The van der Waals surface area contributed by atoms with Crippen LogP contribution in [0.4, 0.5) is 0 Å². The highest BCUT2D eigenvalue weighted by Gasteiger charge is 2.34. The smallest absolute Gasteiger partial charge is 0.344 e. The summed E-state index contributed by atoms with van der Waals surface area (Å²) in [5, 5.41) is 13.5. The number of fused-ring (bicyclic) bond motifs is 4. The van der Waals surface area contributed by atoms with E-state index >= 15 is 0 Å². The number of benzene rings is 2. The van der Waals surface area contributed by atoms with Crippen molar-refractivity contribution in [3.05, 3.63) is 51.9 Å². The van der Waals surface area contributed by atoms with Gasteiger partial charge in [0.1, 0.15) is 11.3 Å². The number of methoxy groups -OCH3 is 1. The van der Waals surface area contributed by atoms with Crippen LogP contribution >= 0.6 is 0 Å². The van der Waals surface area contributed by atoms with Gasteiger partial charge in [-0.15, -0.1) is 0 Å². The zero-order chi connectivity index (χ0) is 24.4. The van der Waals surface area contributed by atoms with Crippen LogP contribution in [0.2, 0.25) is 0 Å². The predicted molar refractivity (Wildman–Crippen MR) is 140 cm³/mol. The summed E-state index contributed by atoms with van der Waals surface area (Å²) in [6, 6.07) is 10.3. The molecule has 5 rings (SSSR count). The molecule has 0 amide bonds. The van der Waals surface area contributed by atoms with Gasteiger partial charge in [-0.1, -0.05) is 24.6 Å². The Morgan fingerprint density at radius 1 is 1.11 bits per heavy atom. The molecule has 6 nitrogen and oxygen atoms in total. The summed E-state index contributed by atoms with van der Waals surface area (Å²) in [5.41, 5.74) is 1.64. The normalized spacial score (nSPS) is 21.1. The topological polar surface area (TPSA) is 66.1 Å². The number of nitrogens with zero attached hydrogens (tertiary/aromatic N) is 2. The zero-order valence-corrected chi connectivity index (χ0v) is 21.1. The SMILES string of the molecule is COCCCN(Cc1cc2c(oc(=O)c3ccccc32)c(C)c1O)CC1CCCN2CCCCC12. The molecule has 0 radical (unpaired) electrons. The van der Waals surface area contributed by atoms with Gasteiger partial charge in [-0.3, -0.25) is 4.90 Å². The minimum Gasteiger partial charge on any atom is -0.507 e. The molecule has 0 spiro atoms. The Morgan fingerprint density at radius 3 is 2.74 bits per heavy atom. The van der Waals surface area contributed by atoms with Gasteiger partial charge >= 0.3 is 5.63 Å². The van der Waals surface area contributed by atoms with Crippen LogP contribution in [0.15, 0.2) is 39.5 Å². The fourth-order valence-corrected chi connectivity index (χ4v) is 6.38. The zero-order valence-electron chi connectivity index (χ0n) is 21.1. The highest BCUT2D eigenvalue weighted by molar-refractivity contribution is 6.05. The molecule has 2 fully saturated rings. The van der Waals surface area contributed by atoms with Crippen molar-refractivity contribution in [2.75, 3.05) is 39.9 Å². The summed E-state index contributed by atoms with van der Waals surface area (Å²) in [4.78, 5) is 17.8. The molecule has 2 aromatic carbocycles. The van der Waals surface area contributed by atoms with Crippen molar-refractivity contribution in [1.82, 2.24) is 9.80 Å². The van der Waals surface area contributed by atoms with Crippen molar-refractivity contribution in [2.24, 2.45) is 5.92 Å². The number of hydrogen-bond donors (Lipinski definition) is 1. The first-order valence-electron chi connectivity index (χ1n) is 13.2. The van der Waals surface area contributed by atoms with Gasteiger partial charge in [0.15, 0.2) is 0 Å². The second-order valence-corrected chi connectivity index (χ2v) is 10.4. The van der Waals surface area contributed by atoms with Crippen molar-refractivity contribution < 1.29 is 14.3 Å². The quantitative estimate of drug-likeness (QED) is 0.277. The third-order valence-electron chi connectivity index (χ3n) is 8.13. The first-order chi connectivity index (χ1) is 17.1. The van der Waals surface area contributed by atoms with Crippen LogP contribution in [0.1, 0.15) is 49.7 Å². The third-order valence-corrected chi connectivity index (χ3v) is 8.13. The van der Waals surface area contributed by atoms with E-state index in [4.69, 9.17) is 9.15 Å². The number of phenolic OH excluding ortho intramolecular Hbond substituents is 1. The van der Waals surface area contributed by atoms with Gasteiger partial charge in [-0.25, -0.2) is 4.79 Å². The fraction of sp³-hybridized carbons (Fsp3) is 0.552. The Hall–Kier alpha value is -2.41. The van der Waals surface area contributed by atoms with Crippen LogP contribution < -0.4 is 5.63 Å². The summed E-state index contributed by atoms with van der Waals surface area (Å²) in [7, 11) is 1.75. The van der Waals surface area contributed by atoms with Gasteiger partial charge in [0.05, 0.1) is 5.39 Å². The minimum atomic E-state index is -0.362. The maximum atomic E-state index is 12.5. The standard InChI is InChI=1S/C29H38N2O4/c1-20-27(32)22(17-25-23-10-3-4-11-24(23)29(33)35-28(20)25)19-30(13-8-16-34-2)18-21-9-7-15-31-14-6-5-12-26(21)31/h3-4,10-11,17,21,26,32H,5-9,12-16,18-19H2,1-2H3. The molecule has 6 heteroatoms. The Bertz CT molecular complexity index is 1230. The van der Waals surface area contributed by atoms with E-state index < -0.39 is 0 Å². The lowest BCUT2D eigenvalue weighted by Crippen LogP contribution is -2.51. The minimum absolute atomic E-state index is 0.232. The maximum Gasteiger partial charge on any atom is 0.344 e. The predicted octanol–water partition coefficient (Wildman–Crippen LogP) is 5.06. The maximum absolute atomic E-state index is 12.5. The van der Waals surface area contributed by atoms with Crippen LogP contribution in [-0.4, -0.2) is 60.8 Å². The number of ether oxygens (including phenoxy) is 1. The van der Waals surface area contributed by atoms with Crippen molar-refractivity contribution in [2.45, 2.75) is 58.0 Å². The number of hydrogen-bond acceptors (Lipinski definition) is 6. The third kappa shape index (κ3) is 4.97. The van der Waals surface area contributed by atoms with Crippen LogP contribution in [0.3, 0.4) is 0 Å². The molecule has 1 N–H and O–H groups in total. The Labute approximate surface area is 207 Å². The number of rotatable bonds is 8. The van der Waals surface area contributed by atoms with Crippen molar-refractivity contribution in [3.8, 4) is 5.75 Å². The molecule has 0 saturated carbocycles. The monoisotopic (exact) mass is 478 g/mol. The number of aryl methyl sites for hydroxylation is 1. The molecular weight excluding hydrogens is 440 g/mol. The molecule has 3 heterocycles. The summed E-state index contributed by atoms with van der Waals surface area (Å²) in [6.45, 7) is 7.69. The Balaban J connectivity index is 1.47. The number of piperidine rings is 2. The van der Waals surface area contributed by atoms with Crippen LogP contribution in [0.5, 0.6) is 5.75 Å². The average Bonchev–Trinajstić information content (AvgIpc) is 2.88. The summed E-state index contributed by atoms with van der Waals surface area (Å²) < 4.78 is 11.0. The second-order valence-electron chi connectivity index (χ2n) is 10.4. The van der Waals surface area contributed by atoms with Crippen molar-refractivity contribution in [1.29, 1.82) is 0 Å². The van der Waals surface area contributed by atoms with E-state index in [0.717, 1.165) is 42.5 Å². The molecule has 35 heavy (non-hydrogen) atoms. The Kier molecular flexibility index (Phi) is 7.42. The van der Waals surface area contributed by atoms with Gasteiger partial charge in [0.2, 0.25) is 0 Å². The van der Waals surface area contributed by atoms with E-state index in [1.54, 1.807) is 13.2 Å². The molecular formula is C29H38N2O4. The van der Waals surface area contributed by atoms with Gasteiger partial charge in [0.25, 0.3) is 0 Å². The van der Waals surface area contributed by atoms with Gasteiger partial charge in [-0.05, 0) is 75.6 Å². The molecule has 188 valence electrons. The number of phenols is 1. The highest BCUT2D eigenvalue weighted by Crippen LogP contribution is 2.36. The van der Waals surface area contributed by atoms with E-state index in [1.165, 1.54) is 45.2 Å². The molecule has 1 aromatic heterocycles. The average molecular weight is 479 g/mol. The van der Waals surface area contributed by atoms with Crippen LogP contribution in [0.25, 0.3) is 21.7 Å². The van der Waals surface area contributed by atoms with E-state index in [-0.39, 0.29) is 11.4 Å². The molecule has 2 unspecified atom stereocenters. The highest BCUT2D eigenvalue weighted by atomic mass is 16.5.